The van der Waals surface area contributed by atoms with Gasteiger partial charge in [0.1, 0.15) is 0 Å². The topological polar surface area (TPSA) is 18.5 Å². The molecule has 0 saturated carbocycles. The maximum Gasteiger partial charge on any atom is 0.168 e. The van der Waals surface area contributed by atoms with Crippen LogP contribution in [-0.4, -0.2) is 19.0 Å². The molecule has 1 heterocycles. The van der Waals surface area contributed by atoms with E-state index in [1.54, 1.807) is 0 Å². The molecule has 0 aromatic heterocycles. The highest BCUT2D eigenvalue weighted by atomic mass is 16.7. The van der Waals surface area contributed by atoms with E-state index in [0.29, 0.717) is 5.92 Å². The average Bonchev–Trinajstić information content (AvgIpc) is 2.18. The molecule has 0 aliphatic carbocycles. The molecule has 90 valence electrons. The maximum absolute atomic E-state index is 5.90. The van der Waals surface area contributed by atoms with Crippen LogP contribution in [0.25, 0.3) is 0 Å². The molecule has 1 aliphatic rings. The first kappa shape index (κ1) is 13.0. The van der Waals surface area contributed by atoms with E-state index in [1.807, 2.05) is 0 Å². The summed E-state index contributed by atoms with van der Waals surface area (Å²) in [4.78, 5) is 0. The van der Waals surface area contributed by atoms with Crippen LogP contribution in [0.5, 0.6) is 0 Å². The molecule has 15 heavy (non-hydrogen) atoms. The summed E-state index contributed by atoms with van der Waals surface area (Å²) in [5.41, 5.74) is 0. The fraction of sp³-hybridized carbons (Fsp3) is 1.00. The Hall–Kier alpha value is -0.0800. The molecule has 1 rings (SSSR count). The highest BCUT2D eigenvalue weighted by Crippen LogP contribution is 2.31. The van der Waals surface area contributed by atoms with Crippen LogP contribution in [-0.2, 0) is 9.47 Å². The van der Waals surface area contributed by atoms with Crippen LogP contribution in [0.2, 0.25) is 0 Å². The Morgan fingerprint density at radius 1 is 1.13 bits per heavy atom. The van der Waals surface area contributed by atoms with Crippen LogP contribution < -0.4 is 0 Å². The van der Waals surface area contributed by atoms with Gasteiger partial charge in [-0.15, -0.1) is 0 Å². The Morgan fingerprint density at radius 2 is 1.80 bits per heavy atom. The van der Waals surface area contributed by atoms with E-state index >= 15 is 0 Å². The van der Waals surface area contributed by atoms with Gasteiger partial charge in [0.25, 0.3) is 0 Å². The van der Waals surface area contributed by atoms with Crippen molar-refractivity contribution in [3.8, 4) is 0 Å². The smallest absolute Gasteiger partial charge is 0.168 e. The third-order valence-electron chi connectivity index (χ3n) is 2.90. The summed E-state index contributed by atoms with van der Waals surface area (Å²) in [6, 6.07) is 0. The summed E-state index contributed by atoms with van der Waals surface area (Å²) in [5.74, 6) is 0.395. The minimum absolute atomic E-state index is 0.248. The number of ether oxygens (including phenoxy) is 2. The molecule has 1 saturated heterocycles. The van der Waals surface area contributed by atoms with Crippen molar-refractivity contribution in [1.29, 1.82) is 0 Å². The van der Waals surface area contributed by atoms with Crippen LogP contribution in [0.4, 0.5) is 0 Å². The Bertz CT molecular complexity index is 160. The molecular formula is C13H26O2. The fourth-order valence-corrected chi connectivity index (χ4v) is 2.25. The molecule has 2 heteroatoms. The van der Waals surface area contributed by atoms with E-state index in [9.17, 15) is 0 Å². The zero-order valence-corrected chi connectivity index (χ0v) is 10.6. The third-order valence-corrected chi connectivity index (χ3v) is 2.90. The molecule has 0 N–H and O–H groups in total. The lowest BCUT2D eigenvalue weighted by molar-refractivity contribution is -0.277. The Balaban J connectivity index is 2.42. The summed E-state index contributed by atoms with van der Waals surface area (Å²) in [5, 5.41) is 0. The first-order valence-corrected chi connectivity index (χ1v) is 6.46. The second kappa shape index (κ2) is 6.49. The fourth-order valence-electron chi connectivity index (χ4n) is 2.25. The van der Waals surface area contributed by atoms with Gasteiger partial charge >= 0.3 is 0 Å². The van der Waals surface area contributed by atoms with Crippen LogP contribution in [0.1, 0.15) is 59.3 Å². The molecule has 0 bridgehead atoms. The van der Waals surface area contributed by atoms with Crippen LogP contribution in [0.3, 0.4) is 0 Å². The third kappa shape index (κ3) is 4.52. The molecule has 0 amide bonds. The van der Waals surface area contributed by atoms with Crippen molar-refractivity contribution in [2.45, 2.75) is 65.1 Å². The van der Waals surface area contributed by atoms with Gasteiger partial charge in [-0.1, -0.05) is 33.6 Å². The van der Waals surface area contributed by atoms with Gasteiger partial charge < -0.3 is 9.47 Å². The van der Waals surface area contributed by atoms with Gasteiger partial charge in [-0.25, -0.2) is 0 Å². The average molecular weight is 214 g/mol. The molecule has 1 aliphatic heterocycles. The monoisotopic (exact) mass is 214 g/mol. The summed E-state index contributed by atoms with van der Waals surface area (Å²) in [6.45, 7) is 8.46. The molecule has 0 radical (unpaired) electrons. The van der Waals surface area contributed by atoms with Crippen molar-refractivity contribution >= 4 is 0 Å². The highest BCUT2D eigenvalue weighted by Gasteiger charge is 2.34. The van der Waals surface area contributed by atoms with Crippen LogP contribution in [0, 0.1) is 5.92 Å². The molecule has 1 fully saturated rings. The zero-order chi connectivity index (χ0) is 11.1. The van der Waals surface area contributed by atoms with Gasteiger partial charge in [-0.05, 0) is 18.8 Å². The van der Waals surface area contributed by atoms with Gasteiger partial charge in [0, 0.05) is 12.8 Å². The van der Waals surface area contributed by atoms with Crippen molar-refractivity contribution in [3.05, 3.63) is 0 Å². The van der Waals surface area contributed by atoms with E-state index in [2.05, 4.69) is 20.8 Å². The second-order valence-electron chi connectivity index (χ2n) is 5.02. The zero-order valence-electron chi connectivity index (χ0n) is 10.6. The largest absolute Gasteiger partial charge is 0.350 e. The molecule has 0 aromatic carbocycles. The minimum atomic E-state index is -0.248. The summed E-state index contributed by atoms with van der Waals surface area (Å²) in [6.07, 6.45) is 6.93. The summed E-state index contributed by atoms with van der Waals surface area (Å²) >= 11 is 0. The Morgan fingerprint density at radius 3 is 2.33 bits per heavy atom. The minimum Gasteiger partial charge on any atom is -0.350 e. The lowest BCUT2D eigenvalue weighted by Gasteiger charge is -2.38. The maximum atomic E-state index is 5.90. The van der Waals surface area contributed by atoms with Crippen molar-refractivity contribution < 1.29 is 9.47 Å². The van der Waals surface area contributed by atoms with Gasteiger partial charge in [0.2, 0.25) is 0 Å². The Labute approximate surface area is 94.3 Å². The van der Waals surface area contributed by atoms with Crippen molar-refractivity contribution in [2.24, 2.45) is 5.92 Å². The number of hydrogen-bond donors (Lipinski definition) is 0. The van der Waals surface area contributed by atoms with E-state index in [-0.39, 0.29) is 5.79 Å². The van der Waals surface area contributed by atoms with Gasteiger partial charge in [0.05, 0.1) is 13.2 Å². The lowest BCUT2D eigenvalue weighted by atomic mass is 9.96. The van der Waals surface area contributed by atoms with Crippen molar-refractivity contribution in [2.75, 3.05) is 13.2 Å². The standard InChI is InChI=1S/C13H26O2/c1-4-5-6-8-13(11-12(2)3)14-9-7-10-15-13/h12H,4-11H2,1-3H3. The molecule has 0 aromatic rings. The summed E-state index contributed by atoms with van der Waals surface area (Å²) < 4.78 is 11.8. The first-order valence-electron chi connectivity index (χ1n) is 6.46. The van der Waals surface area contributed by atoms with Gasteiger partial charge in [0.15, 0.2) is 5.79 Å². The van der Waals surface area contributed by atoms with Crippen LogP contribution >= 0.6 is 0 Å². The molecule has 0 atom stereocenters. The van der Waals surface area contributed by atoms with E-state index in [0.717, 1.165) is 32.5 Å². The van der Waals surface area contributed by atoms with Crippen LogP contribution in [0.15, 0.2) is 0 Å². The predicted molar refractivity (Wildman–Crippen MR) is 62.8 cm³/mol. The van der Waals surface area contributed by atoms with Gasteiger partial charge in [-0.3, -0.25) is 0 Å². The number of unbranched alkanes of at least 4 members (excludes halogenated alkanes) is 2. The van der Waals surface area contributed by atoms with Gasteiger partial charge in [-0.2, -0.15) is 0 Å². The molecule has 2 nitrogen and oxygen atoms in total. The highest BCUT2D eigenvalue weighted by molar-refractivity contribution is 4.74. The van der Waals surface area contributed by atoms with E-state index < -0.39 is 0 Å². The molecular weight excluding hydrogens is 188 g/mol. The lowest BCUT2D eigenvalue weighted by Crippen LogP contribution is -2.41. The van der Waals surface area contributed by atoms with Crippen molar-refractivity contribution in [3.63, 3.8) is 0 Å². The van der Waals surface area contributed by atoms with Crippen molar-refractivity contribution in [1.82, 2.24) is 0 Å². The molecule has 0 spiro atoms. The SMILES string of the molecule is CCCCCC1(CC(C)C)OCCCO1. The number of hydrogen-bond acceptors (Lipinski definition) is 2. The quantitative estimate of drug-likeness (QED) is 0.627. The summed E-state index contributed by atoms with van der Waals surface area (Å²) in [7, 11) is 0. The first-order chi connectivity index (χ1) is 7.18. The van der Waals surface area contributed by atoms with E-state index in [1.165, 1.54) is 19.3 Å². The Kier molecular flexibility index (Phi) is 5.62. The molecule has 0 unspecified atom stereocenters. The number of rotatable bonds is 6. The van der Waals surface area contributed by atoms with E-state index in [4.69, 9.17) is 9.47 Å². The second-order valence-corrected chi connectivity index (χ2v) is 5.02. The predicted octanol–water partition coefficient (Wildman–Crippen LogP) is 3.75. The normalized spacial score (nSPS) is 20.8.